The maximum Gasteiger partial charge on any atom is 0.280 e. The molecule has 0 saturated heterocycles. The van der Waals surface area contributed by atoms with Crippen molar-refractivity contribution in [2.24, 2.45) is 7.05 Å². The van der Waals surface area contributed by atoms with E-state index in [2.05, 4.69) is 15.1 Å². The Morgan fingerprint density at radius 2 is 2.11 bits per heavy atom. The molecule has 2 heterocycles. The van der Waals surface area contributed by atoms with Crippen LogP contribution in [0.15, 0.2) is 17.6 Å². The Balaban J connectivity index is 2.44. The molecule has 0 aliphatic heterocycles. The molecular weight excluding hydrogens is 290 g/mol. The molecule has 0 saturated carbocycles. The zero-order valence-corrected chi connectivity index (χ0v) is 12.4. The molecule has 0 aromatic carbocycles. The zero-order chi connectivity index (χ0) is 14.2. The van der Waals surface area contributed by atoms with E-state index in [4.69, 9.17) is 10.7 Å². The summed E-state index contributed by atoms with van der Waals surface area (Å²) in [5.74, 6) is 1.42. The molecule has 9 heteroatoms. The first kappa shape index (κ1) is 14.0. The summed E-state index contributed by atoms with van der Waals surface area (Å²) < 4.78 is 26.0. The first-order valence-electron chi connectivity index (χ1n) is 5.63. The molecule has 7 nitrogen and oxygen atoms in total. The topological polar surface area (TPSA) is 82.7 Å². The average Bonchev–Trinajstić information content (AvgIpc) is 2.86. The number of halogens is 1. The summed E-state index contributed by atoms with van der Waals surface area (Å²) in [5.41, 5.74) is 0. The number of aryl methyl sites for hydroxylation is 1. The van der Waals surface area contributed by atoms with Crippen LogP contribution in [-0.4, -0.2) is 32.7 Å². The van der Waals surface area contributed by atoms with Gasteiger partial charge in [0.2, 0.25) is 0 Å². The monoisotopic (exact) mass is 303 g/mol. The molecule has 0 amide bonds. The van der Waals surface area contributed by atoms with E-state index in [1.165, 1.54) is 12.5 Å². The van der Waals surface area contributed by atoms with E-state index in [1.54, 1.807) is 16.3 Å². The van der Waals surface area contributed by atoms with Gasteiger partial charge in [-0.25, -0.2) is 18.4 Å². The molecule has 2 rings (SSSR count). The van der Waals surface area contributed by atoms with Crippen molar-refractivity contribution >= 4 is 19.7 Å². The van der Waals surface area contributed by atoms with Gasteiger partial charge in [-0.3, -0.25) is 4.68 Å². The van der Waals surface area contributed by atoms with Crippen molar-refractivity contribution in [2.45, 2.75) is 31.3 Å². The van der Waals surface area contributed by atoms with Gasteiger partial charge in [-0.15, -0.1) is 0 Å². The minimum Gasteiger partial charge on any atom is -0.326 e. The molecular formula is C10H14ClN5O2S. The van der Waals surface area contributed by atoms with Crippen molar-refractivity contribution < 1.29 is 8.42 Å². The van der Waals surface area contributed by atoms with Crippen LogP contribution in [0.5, 0.6) is 0 Å². The van der Waals surface area contributed by atoms with Crippen molar-refractivity contribution in [1.82, 2.24) is 24.3 Å². The van der Waals surface area contributed by atoms with E-state index in [9.17, 15) is 8.42 Å². The van der Waals surface area contributed by atoms with Crippen molar-refractivity contribution in [1.29, 1.82) is 0 Å². The number of rotatable bonds is 4. The fourth-order valence-electron chi connectivity index (χ4n) is 1.73. The van der Waals surface area contributed by atoms with E-state index in [0.717, 1.165) is 0 Å². The van der Waals surface area contributed by atoms with Crippen LogP contribution in [-0.2, 0) is 22.6 Å². The lowest BCUT2D eigenvalue weighted by molar-refractivity contribution is 0.606. The third kappa shape index (κ3) is 2.95. The highest BCUT2D eigenvalue weighted by Gasteiger charge is 2.20. The molecule has 19 heavy (non-hydrogen) atoms. The van der Waals surface area contributed by atoms with Gasteiger partial charge in [0.1, 0.15) is 18.0 Å². The van der Waals surface area contributed by atoms with Gasteiger partial charge in [-0.05, 0) is 0 Å². The Morgan fingerprint density at radius 3 is 2.58 bits per heavy atom. The molecule has 0 fully saturated rings. The van der Waals surface area contributed by atoms with Crippen LogP contribution in [0.1, 0.15) is 31.4 Å². The molecule has 0 radical (unpaired) electrons. The van der Waals surface area contributed by atoms with Crippen molar-refractivity contribution in [3.8, 4) is 0 Å². The van der Waals surface area contributed by atoms with Gasteiger partial charge >= 0.3 is 0 Å². The van der Waals surface area contributed by atoms with Gasteiger partial charge in [0.05, 0.1) is 6.54 Å². The minimum atomic E-state index is -3.83. The molecule has 0 unspecified atom stereocenters. The van der Waals surface area contributed by atoms with E-state index in [0.29, 0.717) is 18.2 Å². The fourth-order valence-corrected chi connectivity index (χ4v) is 2.40. The normalized spacial score (nSPS) is 12.3. The van der Waals surface area contributed by atoms with E-state index in [-0.39, 0.29) is 10.9 Å². The van der Waals surface area contributed by atoms with Crippen LogP contribution >= 0.6 is 10.7 Å². The highest BCUT2D eigenvalue weighted by molar-refractivity contribution is 8.13. The number of hydrogen-bond acceptors (Lipinski definition) is 5. The van der Waals surface area contributed by atoms with Gasteiger partial charge in [0, 0.05) is 29.8 Å². The van der Waals surface area contributed by atoms with E-state index < -0.39 is 9.05 Å². The van der Waals surface area contributed by atoms with E-state index in [1.807, 2.05) is 13.8 Å². The lowest BCUT2D eigenvalue weighted by Crippen LogP contribution is -2.10. The van der Waals surface area contributed by atoms with Crippen LogP contribution in [0.4, 0.5) is 0 Å². The maximum absolute atomic E-state index is 11.3. The maximum atomic E-state index is 11.3. The molecule has 0 spiro atoms. The van der Waals surface area contributed by atoms with Gasteiger partial charge < -0.3 is 4.57 Å². The number of imidazole rings is 1. The summed E-state index contributed by atoms with van der Waals surface area (Å²) >= 11 is 0. The second-order valence-electron chi connectivity index (χ2n) is 4.46. The lowest BCUT2D eigenvalue weighted by Gasteiger charge is -2.09. The number of hydrogen-bond donors (Lipinski definition) is 0. The first-order valence-corrected chi connectivity index (χ1v) is 7.94. The highest BCUT2D eigenvalue weighted by Crippen LogP contribution is 2.20. The van der Waals surface area contributed by atoms with Gasteiger partial charge in [0.25, 0.3) is 9.05 Å². The average molecular weight is 304 g/mol. The molecule has 0 bridgehead atoms. The summed E-state index contributed by atoms with van der Waals surface area (Å²) in [6.07, 6.45) is 2.87. The van der Waals surface area contributed by atoms with Crippen molar-refractivity contribution in [3.63, 3.8) is 0 Å². The Morgan fingerprint density at radius 1 is 1.42 bits per heavy atom. The quantitative estimate of drug-likeness (QED) is 0.790. The van der Waals surface area contributed by atoms with Gasteiger partial charge in [-0.2, -0.15) is 5.10 Å². The third-order valence-electron chi connectivity index (χ3n) is 2.67. The third-order valence-corrected chi connectivity index (χ3v) is 3.84. The Labute approximate surface area is 115 Å². The van der Waals surface area contributed by atoms with Crippen LogP contribution in [0.2, 0.25) is 0 Å². The molecule has 0 atom stereocenters. The molecule has 2 aromatic heterocycles. The predicted octanol–water partition coefficient (Wildman–Crippen LogP) is 1.11. The molecule has 2 aromatic rings. The summed E-state index contributed by atoms with van der Waals surface area (Å²) in [6.45, 7) is 4.25. The fraction of sp³-hybridized carbons (Fsp3) is 0.500. The largest absolute Gasteiger partial charge is 0.326 e. The smallest absolute Gasteiger partial charge is 0.280 e. The van der Waals surface area contributed by atoms with E-state index >= 15 is 0 Å². The van der Waals surface area contributed by atoms with Crippen LogP contribution in [0.3, 0.4) is 0 Å². The number of nitrogens with zero attached hydrogens (tertiary/aromatic N) is 5. The molecule has 0 aliphatic rings. The number of aromatic nitrogens is 5. The Bertz CT molecular complexity index is 689. The Kier molecular flexibility index (Phi) is 3.64. The molecule has 0 aliphatic carbocycles. The molecule has 0 N–H and O–H groups in total. The second kappa shape index (κ2) is 4.93. The first-order chi connectivity index (χ1) is 8.79. The summed E-state index contributed by atoms with van der Waals surface area (Å²) in [7, 11) is 3.27. The minimum absolute atomic E-state index is 0.0698. The van der Waals surface area contributed by atoms with Gasteiger partial charge in [0.15, 0.2) is 5.03 Å². The Hall–Kier alpha value is -1.41. The van der Waals surface area contributed by atoms with Crippen molar-refractivity contribution in [2.75, 3.05) is 0 Å². The highest BCUT2D eigenvalue weighted by atomic mass is 35.7. The predicted molar refractivity (Wildman–Crippen MR) is 69.5 cm³/mol. The summed E-state index contributed by atoms with van der Waals surface area (Å²) in [4.78, 5) is 8.18. The summed E-state index contributed by atoms with van der Waals surface area (Å²) in [6, 6.07) is 0. The second-order valence-corrected chi connectivity index (χ2v) is 6.97. The van der Waals surface area contributed by atoms with Crippen LogP contribution in [0, 0.1) is 0 Å². The molecule has 104 valence electrons. The lowest BCUT2D eigenvalue weighted by atomic mass is 10.2. The van der Waals surface area contributed by atoms with Gasteiger partial charge in [-0.1, -0.05) is 13.8 Å². The zero-order valence-electron chi connectivity index (χ0n) is 10.8. The standard InChI is InChI=1S/C10H14ClN5O2S/c1-7(2)10-14-9(19(11,17)18)5-16(10)4-8-12-6-13-15(8)3/h5-7H,4H2,1-3H3. The van der Waals surface area contributed by atoms with Crippen molar-refractivity contribution in [3.05, 3.63) is 24.2 Å². The SMILES string of the molecule is CC(C)c1nc(S(=O)(=O)Cl)cn1Cc1ncnn1C. The van der Waals surface area contributed by atoms with Crippen LogP contribution < -0.4 is 0 Å². The van der Waals surface area contributed by atoms with Crippen LogP contribution in [0.25, 0.3) is 0 Å². The summed E-state index contributed by atoms with van der Waals surface area (Å²) in [5, 5.41) is 3.83.